The van der Waals surface area contributed by atoms with Crippen LogP contribution in [0, 0.1) is 0 Å². The molecule has 0 aliphatic carbocycles. The van der Waals surface area contributed by atoms with Crippen LogP contribution in [0.4, 0.5) is 15.5 Å². The predicted octanol–water partition coefficient (Wildman–Crippen LogP) is 5.13. The van der Waals surface area contributed by atoms with Crippen LogP contribution in [-0.2, 0) is 28.8 Å². The quantitative estimate of drug-likeness (QED) is 0.569. The Labute approximate surface area is 191 Å². The van der Waals surface area contributed by atoms with Crippen molar-refractivity contribution in [2.24, 2.45) is 0 Å². The number of nitrogens with zero attached hydrogens (tertiary/aromatic N) is 2. The van der Waals surface area contributed by atoms with E-state index in [1.54, 1.807) is 11.0 Å². The molecule has 0 saturated heterocycles. The van der Waals surface area contributed by atoms with Gasteiger partial charge in [-0.1, -0.05) is 0 Å². The van der Waals surface area contributed by atoms with Crippen LogP contribution in [0.3, 0.4) is 0 Å². The van der Waals surface area contributed by atoms with Gasteiger partial charge in [-0.05, 0) is 84.9 Å². The van der Waals surface area contributed by atoms with Crippen molar-refractivity contribution in [3.05, 3.63) is 39.2 Å². The molecule has 30 heavy (non-hydrogen) atoms. The molecular formula is C20H25BrN2O5S2. The topological polar surface area (TPSA) is 79.3 Å². The Morgan fingerprint density at radius 3 is 2.37 bits per heavy atom. The molecule has 1 aliphatic rings. The van der Waals surface area contributed by atoms with Gasteiger partial charge in [-0.3, -0.25) is 4.55 Å². The number of rotatable bonds is 4. The molecule has 0 spiro atoms. The van der Waals surface area contributed by atoms with Crippen LogP contribution in [0.25, 0.3) is 0 Å². The molecule has 1 aromatic heterocycles. The summed E-state index contributed by atoms with van der Waals surface area (Å²) in [6, 6.07) is 7.38. The molecule has 0 saturated carbocycles. The van der Waals surface area contributed by atoms with Gasteiger partial charge in [0, 0.05) is 13.1 Å². The van der Waals surface area contributed by atoms with Crippen molar-refractivity contribution in [1.29, 1.82) is 0 Å². The largest absolute Gasteiger partial charge is 0.495 e. The van der Waals surface area contributed by atoms with Crippen molar-refractivity contribution < 1.29 is 23.0 Å². The Kier molecular flexibility index (Phi) is 7.11. The van der Waals surface area contributed by atoms with Gasteiger partial charge >= 0.3 is 6.09 Å². The van der Waals surface area contributed by atoms with Crippen molar-refractivity contribution in [2.75, 3.05) is 24.5 Å². The fourth-order valence-electron chi connectivity index (χ4n) is 3.27. The Bertz CT molecular complexity index is 957. The van der Waals surface area contributed by atoms with E-state index in [0.29, 0.717) is 42.4 Å². The molecule has 3 rings (SSSR count). The molecular weight excluding hydrogens is 492 g/mol. The molecule has 1 N–H and O–H groups in total. The standard InChI is InChI=1S/C20H25BrN2O5S2/c1-20(2,3)28-19(24)22-9-7-13-11-15(16(27-4)12-14(13)8-10-22)23(30(25)26)18-6-5-17(21)29-18/h5-6,11-12H,7-10H2,1-4H3,(H,25,26). The fourth-order valence-corrected chi connectivity index (χ4v) is 5.38. The summed E-state index contributed by atoms with van der Waals surface area (Å²) in [5, 5.41) is 0.616. The van der Waals surface area contributed by atoms with Gasteiger partial charge in [-0.15, -0.1) is 11.3 Å². The Balaban J connectivity index is 1.92. The predicted molar refractivity (Wildman–Crippen MR) is 123 cm³/mol. The molecule has 1 atom stereocenters. The number of ether oxygens (including phenoxy) is 2. The molecule has 1 unspecified atom stereocenters. The highest BCUT2D eigenvalue weighted by Gasteiger charge is 2.27. The lowest BCUT2D eigenvalue weighted by Gasteiger charge is -2.26. The summed E-state index contributed by atoms with van der Waals surface area (Å²) in [5.41, 5.74) is 2.03. The fraction of sp³-hybridized carbons (Fsp3) is 0.450. The first kappa shape index (κ1) is 23.1. The average Bonchev–Trinajstić information content (AvgIpc) is 2.95. The number of hydrogen-bond donors (Lipinski definition) is 1. The van der Waals surface area contributed by atoms with Gasteiger partial charge in [-0.2, -0.15) is 0 Å². The van der Waals surface area contributed by atoms with Crippen molar-refractivity contribution in [2.45, 2.75) is 39.2 Å². The number of halogens is 1. The maximum Gasteiger partial charge on any atom is 0.410 e. The molecule has 164 valence electrons. The van der Waals surface area contributed by atoms with Crippen molar-refractivity contribution in [3.63, 3.8) is 0 Å². The number of fused-ring (bicyclic) bond motifs is 1. The lowest BCUT2D eigenvalue weighted by Crippen LogP contribution is -2.38. The Morgan fingerprint density at radius 2 is 1.87 bits per heavy atom. The molecule has 0 fully saturated rings. The highest BCUT2D eigenvalue weighted by molar-refractivity contribution is 9.11. The summed E-state index contributed by atoms with van der Waals surface area (Å²) < 4.78 is 35.4. The van der Waals surface area contributed by atoms with Crippen molar-refractivity contribution in [1.82, 2.24) is 4.90 Å². The zero-order valence-electron chi connectivity index (χ0n) is 17.3. The summed E-state index contributed by atoms with van der Waals surface area (Å²) >= 11 is 2.48. The third-order valence-electron chi connectivity index (χ3n) is 4.59. The maximum atomic E-state index is 12.5. The average molecular weight is 517 g/mol. The molecule has 1 amide bonds. The lowest BCUT2D eigenvalue weighted by molar-refractivity contribution is 0.0258. The molecule has 2 aromatic rings. The van der Waals surface area contributed by atoms with E-state index in [1.165, 1.54) is 22.8 Å². The van der Waals surface area contributed by atoms with Crippen molar-refractivity contribution in [3.8, 4) is 5.75 Å². The number of benzene rings is 1. The Morgan fingerprint density at radius 1 is 1.23 bits per heavy atom. The zero-order valence-corrected chi connectivity index (χ0v) is 20.5. The molecule has 0 bridgehead atoms. The minimum absolute atomic E-state index is 0.330. The molecule has 10 heteroatoms. The van der Waals surface area contributed by atoms with Crippen LogP contribution < -0.4 is 9.04 Å². The van der Waals surface area contributed by atoms with Gasteiger partial charge in [0.2, 0.25) is 0 Å². The number of methoxy groups -OCH3 is 1. The second kappa shape index (κ2) is 9.25. The van der Waals surface area contributed by atoms with Gasteiger partial charge in [0.25, 0.3) is 11.3 Å². The summed E-state index contributed by atoms with van der Waals surface area (Å²) in [6.45, 7) is 6.60. The second-order valence-corrected chi connectivity index (χ2v) is 11.1. The summed E-state index contributed by atoms with van der Waals surface area (Å²) in [5.74, 6) is 0.506. The van der Waals surface area contributed by atoms with E-state index in [1.807, 2.05) is 39.0 Å². The van der Waals surface area contributed by atoms with Crippen LogP contribution in [0.15, 0.2) is 28.1 Å². The first-order valence-electron chi connectivity index (χ1n) is 9.43. The van der Waals surface area contributed by atoms with E-state index in [4.69, 9.17) is 9.47 Å². The first-order valence-corrected chi connectivity index (χ1v) is 12.1. The molecule has 1 aliphatic heterocycles. The summed E-state index contributed by atoms with van der Waals surface area (Å²) in [7, 11) is 1.54. The normalized spacial score (nSPS) is 15.2. The summed E-state index contributed by atoms with van der Waals surface area (Å²) in [6.07, 6.45) is 0.938. The van der Waals surface area contributed by atoms with Crippen LogP contribution in [0.1, 0.15) is 31.9 Å². The van der Waals surface area contributed by atoms with E-state index in [0.717, 1.165) is 14.9 Å². The van der Waals surface area contributed by atoms with E-state index in [2.05, 4.69) is 15.9 Å². The van der Waals surface area contributed by atoms with Crippen LogP contribution in [0.2, 0.25) is 0 Å². The van der Waals surface area contributed by atoms with Gasteiger partial charge in [-0.25, -0.2) is 13.3 Å². The second-order valence-electron chi connectivity index (χ2n) is 7.86. The van der Waals surface area contributed by atoms with Gasteiger partial charge < -0.3 is 14.4 Å². The van der Waals surface area contributed by atoms with Crippen LogP contribution in [0.5, 0.6) is 5.75 Å². The highest BCUT2D eigenvalue weighted by Crippen LogP contribution is 2.41. The number of hydrogen-bond acceptors (Lipinski definition) is 5. The highest BCUT2D eigenvalue weighted by atomic mass is 79.9. The number of amides is 1. The number of carbonyl (C=O) groups is 1. The van der Waals surface area contributed by atoms with E-state index in [9.17, 15) is 13.6 Å². The number of thiophene rings is 1. The minimum Gasteiger partial charge on any atom is -0.495 e. The molecule has 0 radical (unpaired) electrons. The zero-order chi connectivity index (χ0) is 22.1. The lowest BCUT2D eigenvalue weighted by atomic mass is 10.0. The first-order chi connectivity index (χ1) is 14.1. The minimum atomic E-state index is -2.28. The van der Waals surface area contributed by atoms with E-state index >= 15 is 0 Å². The van der Waals surface area contributed by atoms with Crippen molar-refractivity contribution >= 4 is 55.3 Å². The SMILES string of the molecule is COc1cc2c(cc1N(c1ccc(Br)s1)S(=O)O)CCN(C(=O)OC(C)(C)C)CC2. The molecule has 7 nitrogen and oxygen atoms in total. The maximum absolute atomic E-state index is 12.5. The summed E-state index contributed by atoms with van der Waals surface area (Å²) in [4.78, 5) is 14.2. The van der Waals surface area contributed by atoms with Gasteiger partial charge in [0.05, 0.1) is 10.9 Å². The molecule has 1 aromatic carbocycles. The molecule has 2 heterocycles. The monoisotopic (exact) mass is 516 g/mol. The smallest absolute Gasteiger partial charge is 0.410 e. The van der Waals surface area contributed by atoms with Crippen LogP contribution in [-0.4, -0.2) is 45.6 Å². The number of anilines is 2. The van der Waals surface area contributed by atoms with E-state index < -0.39 is 16.9 Å². The van der Waals surface area contributed by atoms with Gasteiger partial charge in [0.1, 0.15) is 22.0 Å². The third-order valence-corrected chi connectivity index (χ3v) is 7.02. The number of carbonyl (C=O) groups excluding carboxylic acids is 1. The van der Waals surface area contributed by atoms with Gasteiger partial charge in [0.15, 0.2) is 0 Å². The van der Waals surface area contributed by atoms with E-state index in [-0.39, 0.29) is 6.09 Å². The third kappa shape index (κ3) is 5.35. The van der Waals surface area contributed by atoms with Crippen LogP contribution >= 0.6 is 27.3 Å². The Hall–Kier alpha value is -1.62.